The highest BCUT2D eigenvalue weighted by Gasteiger charge is 2.44. The fraction of sp³-hybridized carbons (Fsp3) is 0.312. The van der Waals surface area contributed by atoms with Gasteiger partial charge in [-0.1, -0.05) is 12.1 Å². The van der Waals surface area contributed by atoms with Crippen molar-refractivity contribution in [2.75, 3.05) is 0 Å². The van der Waals surface area contributed by atoms with Gasteiger partial charge in [-0.3, -0.25) is 14.9 Å². The minimum atomic E-state index is -0.348. The molecule has 1 fully saturated rings. The smallest absolute Gasteiger partial charge is 0.294 e. The molecule has 5 heteroatoms. The Morgan fingerprint density at radius 2 is 2.14 bits per heavy atom. The van der Waals surface area contributed by atoms with Gasteiger partial charge in [0.15, 0.2) is 5.78 Å². The summed E-state index contributed by atoms with van der Waals surface area (Å²) in [6.07, 6.45) is 6.82. The van der Waals surface area contributed by atoms with E-state index < -0.39 is 0 Å². The maximum absolute atomic E-state index is 11.2. The number of carbonyl (C=O) groups is 1. The lowest BCUT2D eigenvalue weighted by molar-refractivity contribution is -0.383. The summed E-state index contributed by atoms with van der Waals surface area (Å²) in [6.45, 7) is 3.47. The zero-order valence-corrected chi connectivity index (χ0v) is 12.0. The third kappa shape index (κ3) is 2.24. The standard InChI is InChI=1S/C16H16N2O3/c1-11-3-4-13-14(9-11)17(10-15(13)18(20)21)16(7-8-16)6-5-12(2)19/h3-6,9-10H,7-8H2,1-2H3/b6-5+. The van der Waals surface area contributed by atoms with Crippen molar-refractivity contribution < 1.29 is 9.72 Å². The largest absolute Gasteiger partial charge is 0.331 e. The zero-order valence-electron chi connectivity index (χ0n) is 12.0. The molecule has 0 saturated heterocycles. The summed E-state index contributed by atoms with van der Waals surface area (Å²) >= 11 is 0. The number of aromatic nitrogens is 1. The van der Waals surface area contributed by atoms with Crippen LogP contribution >= 0.6 is 0 Å². The molecule has 1 saturated carbocycles. The summed E-state index contributed by atoms with van der Waals surface area (Å²) in [7, 11) is 0. The molecule has 108 valence electrons. The highest BCUT2D eigenvalue weighted by Crippen LogP contribution is 2.48. The van der Waals surface area contributed by atoms with Gasteiger partial charge in [-0.15, -0.1) is 0 Å². The van der Waals surface area contributed by atoms with Crippen LogP contribution in [0.2, 0.25) is 0 Å². The van der Waals surface area contributed by atoms with Gasteiger partial charge in [0.05, 0.1) is 27.6 Å². The number of ketones is 1. The second-order valence-corrected chi connectivity index (χ2v) is 5.71. The Labute approximate surface area is 122 Å². The third-order valence-electron chi connectivity index (χ3n) is 4.01. The average Bonchev–Trinajstić information content (AvgIpc) is 3.10. The molecule has 3 rings (SSSR count). The van der Waals surface area contributed by atoms with Crippen LogP contribution in [0.5, 0.6) is 0 Å². The van der Waals surface area contributed by atoms with Gasteiger partial charge in [-0.2, -0.15) is 0 Å². The minimum absolute atomic E-state index is 0.0107. The third-order valence-corrected chi connectivity index (χ3v) is 4.01. The van der Waals surface area contributed by atoms with Gasteiger partial charge in [-0.05, 0) is 50.5 Å². The number of aryl methyl sites for hydroxylation is 1. The Hall–Kier alpha value is -2.43. The number of benzene rings is 1. The number of carbonyl (C=O) groups excluding carboxylic acids is 1. The van der Waals surface area contributed by atoms with E-state index in [1.54, 1.807) is 18.3 Å². The maximum Gasteiger partial charge on any atom is 0.294 e. The van der Waals surface area contributed by atoms with Gasteiger partial charge >= 0.3 is 0 Å². The Kier molecular flexibility index (Phi) is 2.93. The van der Waals surface area contributed by atoms with E-state index in [2.05, 4.69) is 0 Å². The van der Waals surface area contributed by atoms with Gasteiger partial charge in [0, 0.05) is 0 Å². The van der Waals surface area contributed by atoms with Gasteiger partial charge in [0.25, 0.3) is 5.69 Å². The van der Waals surface area contributed by atoms with E-state index in [4.69, 9.17) is 0 Å². The second kappa shape index (κ2) is 4.55. The van der Waals surface area contributed by atoms with Gasteiger partial charge in [-0.25, -0.2) is 0 Å². The monoisotopic (exact) mass is 284 g/mol. The minimum Gasteiger partial charge on any atom is -0.331 e. The number of hydrogen-bond acceptors (Lipinski definition) is 3. The molecule has 0 atom stereocenters. The number of rotatable bonds is 4. The van der Waals surface area contributed by atoms with Crippen molar-refractivity contribution >= 4 is 22.4 Å². The predicted molar refractivity (Wildman–Crippen MR) is 80.4 cm³/mol. The first-order chi connectivity index (χ1) is 9.93. The molecule has 1 aliphatic carbocycles. The zero-order chi connectivity index (χ0) is 15.2. The van der Waals surface area contributed by atoms with Gasteiger partial charge in [0.1, 0.15) is 0 Å². The van der Waals surface area contributed by atoms with Crippen molar-refractivity contribution in [3.63, 3.8) is 0 Å². The number of nitrogens with zero attached hydrogens (tertiary/aromatic N) is 2. The molecule has 0 N–H and O–H groups in total. The highest BCUT2D eigenvalue weighted by molar-refractivity contribution is 5.91. The maximum atomic E-state index is 11.2. The van der Waals surface area contributed by atoms with E-state index in [1.807, 2.05) is 29.7 Å². The van der Waals surface area contributed by atoms with Crippen LogP contribution in [0.4, 0.5) is 5.69 Å². The van der Waals surface area contributed by atoms with E-state index in [0.29, 0.717) is 5.39 Å². The summed E-state index contributed by atoms with van der Waals surface area (Å²) in [6, 6.07) is 5.64. The molecule has 2 aromatic rings. The predicted octanol–water partition coefficient (Wildman–Crippen LogP) is 3.49. The first-order valence-corrected chi connectivity index (χ1v) is 6.89. The van der Waals surface area contributed by atoms with Crippen molar-refractivity contribution in [2.24, 2.45) is 0 Å². The summed E-state index contributed by atoms with van der Waals surface area (Å²) in [5, 5.41) is 11.9. The number of nitro groups is 1. The van der Waals surface area contributed by atoms with Crippen molar-refractivity contribution in [1.29, 1.82) is 0 Å². The lowest BCUT2D eigenvalue weighted by atomic mass is 10.1. The van der Waals surface area contributed by atoms with E-state index in [1.165, 1.54) is 6.92 Å². The molecule has 1 heterocycles. The van der Waals surface area contributed by atoms with Crippen LogP contribution in [0.25, 0.3) is 10.9 Å². The molecule has 21 heavy (non-hydrogen) atoms. The van der Waals surface area contributed by atoms with Crippen LogP contribution in [0, 0.1) is 17.0 Å². The van der Waals surface area contributed by atoms with Crippen LogP contribution < -0.4 is 0 Å². The molecular weight excluding hydrogens is 268 g/mol. The summed E-state index contributed by atoms with van der Waals surface area (Å²) < 4.78 is 1.95. The van der Waals surface area contributed by atoms with Crippen molar-refractivity contribution in [3.8, 4) is 0 Å². The first-order valence-electron chi connectivity index (χ1n) is 6.89. The van der Waals surface area contributed by atoms with Crippen molar-refractivity contribution in [2.45, 2.75) is 32.2 Å². The number of hydrogen-bond donors (Lipinski definition) is 0. The Morgan fingerprint density at radius 1 is 1.43 bits per heavy atom. The van der Waals surface area contributed by atoms with Gasteiger partial charge in [0.2, 0.25) is 0 Å². The molecule has 0 aliphatic heterocycles. The van der Waals surface area contributed by atoms with Crippen LogP contribution in [0.15, 0.2) is 36.5 Å². The Bertz CT molecular complexity index is 782. The Morgan fingerprint density at radius 3 is 2.71 bits per heavy atom. The SMILES string of the molecule is CC(=O)/C=C/C1(n2cc([N+](=O)[O-])c3ccc(C)cc32)CC1. The molecule has 0 spiro atoms. The lowest BCUT2D eigenvalue weighted by Crippen LogP contribution is -2.13. The molecule has 0 amide bonds. The van der Waals surface area contributed by atoms with Crippen molar-refractivity contribution in [3.05, 3.63) is 52.2 Å². The second-order valence-electron chi connectivity index (χ2n) is 5.71. The van der Waals surface area contributed by atoms with Crippen LogP contribution in [-0.4, -0.2) is 15.3 Å². The number of allylic oxidation sites excluding steroid dienone is 2. The molecule has 1 aromatic carbocycles. The molecule has 1 aliphatic rings. The van der Waals surface area contributed by atoms with Crippen LogP contribution in [0.1, 0.15) is 25.3 Å². The van der Waals surface area contributed by atoms with E-state index in [9.17, 15) is 14.9 Å². The fourth-order valence-corrected chi connectivity index (χ4v) is 2.72. The van der Waals surface area contributed by atoms with Gasteiger partial charge < -0.3 is 4.57 Å². The molecule has 0 unspecified atom stereocenters. The average molecular weight is 284 g/mol. The van der Waals surface area contributed by atoms with Crippen LogP contribution in [0.3, 0.4) is 0 Å². The molecule has 5 nitrogen and oxygen atoms in total. The summed E-state index contributed by atoms with van der Waals surface area (Å²) in [4.78, 5) is 22.1. The summed E-state index contributed by atoms with van der Waals surface area (Å²) in [5.74, 6) is -0.0107. The van der Waals surface area contributed by atoms with Crippen LogP contribution in [-0.2, 0) is 10.3 Å². The van der Waals surface area contributed by atoms with E-state index >= 15 is 0 Å². The lowest BCUT2D eigenvalue weighted by Gasteiger charge is -2.14. The molecule has 0 radical (unpaired) electrons. The normalized spacial score (nSPS) is 16.5. The molecule has 1 aromatic heterocycles. The first kappa shape index (κ1) is 13.5. The topological polar surface area (TPSA) is 65.1 Å². The van der Waals surface area contributed by atoms with E-state index in [0.717, 1.165) is 23.9 Å². The Balaban J connectivity index is 2.21. The van der Waals surface area contributed by atoms with E-state index in [-0.39, 0.29) is 21.9 Å². The number of fused-ring (bicyclic) bond motifs is 1. The molecular formula is C16H16N2O3. The van der Waals surface area contributed by atoms with Crippen molar-refractivity contribution in [1.82, 2.24) is 4.57 Å². The summed E-state index contributed by atoms with van der Waals surface area (Å²) in [5.41, 5.74) is 1.74. The highest BCUT2D eigenvalue weighted by atomic mass is 16.6. The quantitative estimate of drug-likeness (QED) is 0.490. The fourth-order valence-electron chi connectivity index (χ4n) is 2.72. The molecule has 0 bridgehead atoms.